The maximum atomic E-state index is 13.1. The van der Waals surface area contributed by atoms with E-state index < -0.39 is 50.0 Å². The molecule has 0 atom stereocenters. The predicted molar refractivity (Wildman–Crippen MR) is 65.6 cm³/mol. The van der Waals surface area contributed by atoms with Gasteiger partial charge in [-0.05, 0) is 36.4 Å². The first kappa shape index (κ1) is 17.1. The third kappa shape index (κ3) is 3.76. The van der Waals surface area contributed by atoms with E-state index in [1.54, 1.807) is 0 Å². The maximum absolute atomic E-state index is 13.1. The fourth-order valence-corrected chi connectivity index (χ4v) is 2.52. The zero-order valence-electron chi connectivity index (χ0n) is 10.9. The number of halogens is 6. The van der Waals surface area contributed by atoms with Crippen molar-refractivity contribution in [3.8, 4) is 5.75 Å². The summed E-state index contributed by atoms with van der Waals surface area (Å²) in [5.74, 6) is -5.24. The summed E-state index contributed by atoms with van der Waals surface area (Å²) in [5.41, 5.74) is -1.73. The molecule has 0 aliphatic carbocycles. The van der Waals surface area contributed by atoms with Crippen LogP contribution in [-0.4, -0.2) is 8.42 Å². The third-order valence-electron chi connectivity index (χ3n) is 2.63. The van der Waals surface area contributed by atoms with Crippen molar-refractivity contribution in [1.82, 2.24) is 0 Å². The van der Waals surface area contributed by atoms with Crippen LogP contribution in [0.2, 0.25) is 0 Å². The summed E-state index contributed by atoms with van der Waals surface area (Å²) >= 11 is 0. The summed E-state index contributed by atoms with van der Waals surface area (Å²) in [6.45, 7) is 0. The Balaban J connectivity index is 2.39. The van der Waals surface area contributed by atoms with E-state index in [1.165, 1.54) is 0 Å². The fourth-order valence-electron chi connectivity index (χ4n) is 1.58. The molecule has 23 heavy (non-hydrogen) atoms. The molecule has 0 aliphatic heterocycles. The van der Waals surface area contributed by atoms with Crippen molar-refractivity contribution in [3.05, 3.63) is 59.4 Å². The minimum atomic E-state index is -5.06. The molecule has 2 rings (SSSR count). The van der Waals surface area contributed by atoms with Gasteiger partial charge in [-0.2, -0.15) is 21.6 Å². The van der Waals surface area contributed by atoms with Gasteiger partial charge in [0.25, 0.3) is 0 Å². The molecule has 2 aromatic rings. The lowest BCUT2D eigenvalue weighted by molar-refractivity contribution is -0.140. The molecular formula is C13H6F6O3S. The summed E-state index contributed by atoms with van der Waals surface area (Å²) in [5, 5.41) is 0. The minimum Gasteiger partial charge on any atom is -0.379 e. The quantitative estimate of drug-likeness (QED) is 0.619. The molecule has 124 valence electrons. The zero-order chi connectivity index (χ0) is 17.4. The molecule has 10 heteroatoms. The Bertz CT molecular complexity index is 845. The topological polar surface area (TPSA) is 43.4 Å². The van der Waals surface area contributed by atoms with Gasteiger partial charge in [0.15, 0.2) is 11.6 Å². The van der Waals surface area contributed by atoms with Gasteiger partial charge in [0.1, 0.15) is 16.5 Å². The second kappa shape index (κ2) is 5.76. The van der Waals surface area contributed by atoms with Crippen molar-refractivity contribution in [1.29, 1.82) is 0 Å². The lowest BCUT2D eigenvalue weighted by Gasteiger charge is -2.11. The Hall–Kier alpha value is -2.23. The van der Waals surface area contributed by atoms with Gasteiger partial charge < -0.3 is 4.18 Å². The Morgan fingerprint density at radius 3 is 2.00 bits per heavy atom. The summed E-state index contributed by atoms with van der Waals surface area (Å²) in [4.78, 5) is -0.811. The monoisotopic (exact) mass is 356 g/mol. The van der Waals surface area contributed by atoms with E-state index in [-0.39, 0.29) is 6.07 Å². The van der Waals surface area contributed by atoms with Crippen molar-refractivity contribution in [2.45, 2.75) is 11.1 Å². The van der Waals surface area contributed by atoms with Crippen LogP contribution < -0.4 is 4.18 Å². The van der Waals surface area contributed by atoms with Crippen LogP contribution in [0.5, 0.6) is 5.75 Å². The van der Waals surface area contributed by atoms with E-state index >= 15 is 0 Å². The standard InChI is InChI=1S/C13H6F6O3S/c14-10-3-1-7(5-9(10)13(17,18)19)22-23(20,21)8-2-4-11(15)12(16)6-8/h1-6H. The highest BCUT2D eigenvalue weighted by Gasteiger charge is 2.35. The average molecular weight is 356 g/mol. The molecule has 2 aromatic carbocycles. The van der Waals surface area contributed by atoms with E-state index in [9.17, 15) is 34.8 Å². The molecule has 0 spiro atoms. The smallest absolute Gasteiger partial charge is 0.379 e. The van der Waals surface area contributed by atoms with Crippen molar-refractivity contribution < 1.29 is 38.9 Å². The highest BCUT2D eigenvalue weighted by molar-refractivity contribution is 7.87. The summed E-state index contributed by atoms with van der Waals surface area (Å²) in [6.07, 6.45) is -5.06. The molecule has 0 aromatic heterocycles. The van der Waals surface area contributed by atoms with Crippen LogP contribution >= 0.6 is 0 Å². The zero-order valence-corrected chi connectivity index (χ0v) is 11.7. The fraction of sp³-hybridized carbons (Fsp3) is 0.0769. The molecule has 0 aliphatic rings. The average Bonchev–Trinajstić information content (AvgIpc) is 2.42. The molecule has 0 saturated carbocycles. The summed E-state index contributed by atoms with van der Waals surface area (Å²) < 4.78 is 105. The van der Waals surface area contributed by atoms with Crippen molar-refractivity contribution in [2.75, 3.05) is 0 Å². The molecule has 0 fully saturated rings. The van der Waals surface area contributed by atoms with Gasteiger partial charge in [-0.15, -0.1) is 0 Å². The lowest BCUT2D eigenvalue weighted by atomic mass is 10.2. The number of hydrogen-bond donors (Lipinski definition) is 0. The van der Waals surface area contributed by atoms with Crippen LogP contribution in [-0.2, 0) is 16.3 Å². The van der Waals surface area contributed by atoms with E-state index in [2.05, 4.69) is 4.18 Å². The predicted octanol–water partition coefficient (Wildman–Crippen LogP) is 3.89. The molecule has 0 heterocycles. The lowest BCUT2D eigenvalue weighted by Crippen LogP contribution is -2.12. The van der Waals surface area contributed by atoms with E-state index in [0.29, 0.717) is 30.3 Å². The van der Waals surface area contributed by atoms with Crippen LogP contribution in [0.4, 0.5) is 26.3 Å². The largest absolute Gasteiger partial charge is 0.419 e. The van der Waals surface area contributed by atoms with Crippen molar-refractivity contribution in [3.63, 3.8) is 0 Å². The van der Waals surface area contributed by atoms with Crippen LogP contribution in [0, 0.1) is 17.5 Å². The number of alkyl halides is 3. The molecule has 3 nitrogen and oxygen atoms in total. The molecule has 0 amide bonds. The van der Waals surface area contributed by atoms with Gasteiger partial charge in [-0.25, -0.2) is 13.2 Å². The highest BCUT2D eigenvalue weighted by atomic mass is 32.2. The molecule has 0 saturated heterocycles. The first-order chi connectivity index (χ1) is 10.5. The van der Waals surface area contributed by atoms with E-state index in [0.717, 1.165) is 0 Å². The Morgan fingerprint density at radius 1 is 0.826 bits per heavy atom. The SMILES string of the molecule is O=S(=O)(Oc1ccc(F)c(C(F)(F)F)c1)c1ccc(F)c(F)c1. The summed E-state index contributed by atoms with van der Waals surface area (Å²) in [6, 6.07) is 2.66. The van der Waals surface area contributed by atoms with Crippen molar-refractivity contribution >= 4 is 10.1 Å². The molecular weight excluding hydrogens is 350 g/mol. The normalized spacial score (nSPS) is 12.3. The van der Waals surface area contributed by atoms with Gasteiger partial charge in [0, 0.05) is 0 Å². The molecule has 0 N–H and O–H groups in total. The van der Waals surface area contributed by atoms with Crippen LogP contribution in [0.1, 0.15) is 5.56 Å². The first-order valence-electron chi connectivity index (χ1n) is 5.77. The molecule has 0 unspecified atom stereocenters. The van der Waals surface area contributed by atoms with Gasteiger partial charge in [-0.1, -0.05) is 0 Å². The maximum Gasteiger partial charge on any atom is 0.419 e. The Labute approximate surface area is 126 Å². The summed E-state index contributed by atoms with van der Waals surface area (Å²) in [7, 11) is -4.72. The number of hydrogen-bond acceptors (Lipinski definition) is 3. The minimum absolute atomic E-state index is 0.146. The number of benzene rings is 2. The molecule has 0 bridgehead atoms. The second-order valence-corrected chi connectivity index (χ2v) is 5.80. The van der Waals surface area contributed by atoms with Gasteiger partial charge in [0.05, 0.1) is 5.56 Å². The van der Waals surface area contributed by atoms with Crippen molar-refractivity contribution in [2.24, 2.45) is 0 Å². The van der Waals surface area contributed by atoms with E-state index in [4.69, 9.17) is 0 Å². The van der Waals surface area contributed by atoms with Gasteiger partial charge in [-0.3, -0.25) is 0 Å². The highest BCUT2D eigenvalue weighted by Crippen LogP contribution is 2.34. The second-order valence-electron chi connectivity index (χ2n) is 4.25. The van der Waals surface area contributed by atoms with Crippen LogP contribution in [0.15, 0.2) is 41.3 Å². The molecule has 0 radical (unpaired) electrons. The van der Waals surface area contributed by atoms with Gasteiger partial charge in [0.2, 0.25) is 0 Å². The Kier molecular flexibility index (Phi) is 4.29. The first-order valence-corrected chi connectivity index (χ1v) is 7.18. The van der Waals surface area contributed by atoms with Crippen LogP contribution in [0.3, 0.4) is 0 Å². The third-order valence-corrected chi connectivity index (χ3v) is 3.87. The number of rotatable bonds is 3. The van der Waals surface area contributed by atoms with Gasteiger partial charge >= 0.3 is 16.3 Å². The Morgan fingerprint density at radius 2 is 1.43 bits per heavy atom. The van der Waals surface area contributed by atoms with E-state index in [1.807, 2.05) is 0 Å². The van der Waals surface area contributed by atoms with Crippen LogP contribution in [0.25, 0.3) is 0 Å².